The zero-order valence-electron chi connectivity index (χ0n) is 31.6. The van der Waals surface area contributed by atoms with Crippen LogP contribution in [0.1, 0.15) is 106 Å². The van der Waals surface area contributed by atoms with Gasteiger partial charge in [-0.2, -0.15) is 0 Å². The summed E-state index contributed by atoms with van der Waals surface area (Å²) in [5.74, 6) is -1.22. The van der Waals surface area contributed by atoms with Crippen LogP contribution in [0.2, 0.25) is 0 Å². The number of nitrogens with zero attached hydrogens (tertiary/aromatic N) is 3. The fraction of sp³-hybridized carbons (Fsp3) is 0.571. The first-order valence-electron chi connectivity index (χ1n) is 18.7. The molecular weight excluding hydrogens is 645 g/mol. The van der Waals surface area contributed by atoms with Crippen molar-refractivity contribution in [2.24, 2.45) is 5.41 Å². The van der Waals surface area contributed by atoms with Gasteiger partial charge < -0.3 is 24.2 Å². The zero-order valence-corrected chi connectivity index (χ0v) is 31.6. The minimum atomic E-state index is -1.19. The second-order valence-corrected chi connectivity index (χ2v) is 16.5. The predicted octanol–water partition coefficient (Wildman–Crippen LogP) is 8.33. The number of pyridine rings is 1. The summed E-state index contributed by atoms with van der Waals surface area (Å²) >= 11 is 0. The van der Waals surface area contributed by atoms with E-state index in [9.17, 15) is 14.3 Å². The molecule has 3 aromatic rings. The van der Waals surface area contributed by atoms with Gasteiger partial charge in [0.25, 0.3) is 0 Å². The monoisotopic (exact) mass is 701 g/mol. The van der Waals surface area contributed by atoms with Crippen molar-refractivity contribution in [3.63, 3.8) is 0 Å². The lowest BCUT2D eigenvalue weighted by atomic mass is 9.81. The van der Waals surface area contributed by atoms with Crippen LogP contribution in [0.15, 0.2) is 36.4 Å². The summed E-state index contributed by atoms with van der Waals surface area (Å²) in [4.78, 5) is 23.1. The molecule has 1 aromatic heterocycles. The van der Waals surface area contributed by atoms with E-state index in [-0.39, 0.29) is 17.3 Å². The number of rotatable bonds is 10. The van der Waals surface area contributed by atoms with Crippen molar-refractivity contribution >= 4 is 11.7 Å². The molecule has 0 bridgehead atoms. The quantitative estimate of drug-likeness (QED) is 0.226. The average molecular weight is 702 g/mol. The Morgan fingerprint density at radius 1 is 1.06 bits per heavy atom. The second kappa shape index (κ2) is 15.3. The molecular formula is C42H56FN3O5. The molecule has 3 aliphatic rings. The van der Waals surface area contributed by atoms with Gasteiger partial charge in [0.1, 0.15) is 5.82 Å². The third kappa shape index (κ3) is 8.99. The largest absolute Gasteiger partial charge is 0.479 e. The number of fused-ring (bicyclic) bond motifs is 1. The number of carboxylic acids is 1. The summed E-state index contributed by atoms with van der Waals surface area (Å²) in [6, 6.07) is 11.7. The predicted molar refractivity (Wildman–Crippen MR) is 198 cm³/mol. The van der Waals surface area contributed by atoms with Crippen LogP contribution in [0.5, 0.6) is 0 Å². The van der Waals surface area contributed by atoms with E-state index < -0.39 is 17.7 Å². The van der Waals surface area contributed by atoms with E-state index in [0.29, 0.717) is 31.1 Å². The molecule has 0 radical (unpaired) electrons. The summed E-state index contributed by atoms with van der Waals surface area (Å²) in [5.41, 5.74) is 9.16. The molecule has 0 spiro atoms. The van der Waals surface area contributed by atoms with E-state index in [1.807, 2.05) is 40.7 Å². The van der Waals surface area contributed by atoms with Crippen molar-refractivity contribution in [1.29, 1.82) is 0 Å². The summed E-state index contributed by atoms with van der Waals surface area (Å²) < 4.78 is 32.3. The lowest BCUT2D eigenvalue weighted by molar-refractivity contribution is -0.160. The first-order valence-corrected chi connectivity index (χ1v) is 18.7. The highest BCUT2D eigenvalue weighted by Gasteiger charge is 2.37. The van der Waals surface area contributed by atoms with Crippen LogP contribution in [-0.4, -0.2) is 65.5 Å². The van der Waals surface area contributed by atoms with E-state index >= 15 is 0 Å². The van der Waals surface area contributed by atoms with Gasteiger partial charge in [0.2, 0.25) is 0 Å². The summed E-state index contributed by atoms with van der Waals surface area (Å²) in [7, 11) is 0. The molecule has 51 heavy (non-hydrogen) atoms. The smallest absolute Gasteiger partial charge is 0.337 e. The minimum Gasteiger partial charge on any atom is -0.479 e. The van der Waals surface area contributed by atoms with Crippen molar-refractivity contribution in [2.45, 2.75) is 118 Å². The van der Waals surface area contributed by atoms with Crippen molar-refractivity contribution in [1.82, 2.24) is 9.88 Å². The molecule has 8 nitrogen and oxygen atoms in total. The van der Waals surface area contributed by atoms with Gasteiger partial charge in [0, 0.05) is 62.8 Å². The Morgan fingerprint density at radius 3 is 2.45 bits per heavy atom. The molecule has 1 atom stereocenters. The zero-order chi connectivity index (χ0) is 36.5. The highest BCUT2D eigenvalue weighted by molar-refractivity contribution is 5.88. The molecule has 2 saturated heterocycles. The van der Waals surface area contributed by atoms with E-state index in [1.54, 1.807) is 12.1 Å². The van der Waals surface area contributed by atoms with Gasteiger partial charge in [-0.05, 0) is 112 Å². The van der Waals surface area contributed by atoms with E-state index in [1.165, 1.54) is 11.1 Å². The third-order valence-corrected chi connectivity index (χ3v) is 10.8. The van der Waals surface area contributed by atoms with Crippen LogP contribution in [0.3, 0.4) is 0 Å². The molecule has 6 rings (SSSR count). The lowest BCUT2D eigenvalue weighted by Gasteiger charge is -2.41. The van der Waals surface area contributed by atoms with Crippen LogP contribution < -0.4 is 4.90 Å². The maximum absolute atomic E-state index is 13.8. The average Bonchev–Trinajstić information content (AvgIpc) is 3.07. The van der Waals surface area contributed by atoms with Gasteiger partial charge in [-0.25, -0.2) is 9.18 Å². The number of ether oxygens (including phenoxy) is 3. The molecule has 2 fully saturated rings. The molecule has 2 aromatic carbocycles. The van der Waals surface area contributed by atoms with Gasteiger partial charge >= 0.3 is 5.97 Å². The van der Waals surface area contributed by atoms with E-state index in [4.69, 9.17) is 19.2 Å². The highest BCUT2D eigenvalue weighted by atomic mass is 19.1. The maximum atomic E-state index is 13.8. The fourth-order valence-corrected chi connectivity index (χ4v) is 7.75. The number of hydrogen-bond acceptors (Lipinski definition) is 7. The molecule has 1 N–H and O–H groups in total. The number of benzene rings is 2. The Kier molecular flexibility index (Phi) is 11.2. The van der Waals surface area contributed by atoms with Crippen molar-refractivity contribution in [2.75, 3.05) is 37.7 Å². The second-order valence-electron chi connectivity index (χ2n) is 16.5. The number of hydrogen-bond donors (Lipinski definition) is 1. The third-order valence-electron chi connectivity index (χ3n) is 10.8. The molecule has 9 heteroatoms. The Morgan fingerprint density at radius 2 is 1.78 bits per heavy atom. The van der Waals surface area contributed by atoms with E-state index in [2.05, 4.69) is 41.8 Å². The van der Waals surface area contributed by atoms with Crippen LogP contribution in [0.4, 0.5) is 10.1 Å². The number of anilines is 1. The van der Waals surface area contributed by atoms with Gasteiger partial charge in [-0.1, -0.05) is 38.1 Å². The molecule has 4 heterocycles. The topological polar surface area (TPSA) is 84.4 Å². The molecule has 0 amide bonds. The van der Waals surface area contributed by atoms with Crippen LogP contribution in [0.25, 0.3) is 11.1 Å². The maximum Gasteiger partial charge on any atom is 0.337 e. The number of piperidine rings is 1. The minimum absolute atomic E-state index is 0.0860. The Hall–Kier alpha value is -3.37. The summed E-state index contributed by atoms with van der Waals surface area (Å²) in [6.45, 7) is 20.0. The first-order chi connectivity index (χ1) is 24.2. The number of carboxylic acid groups (broad SMARTS) is 1. The lowest BCUT2D eigenvalue weighted by Crippen LogP contribution is -2.39. The van der Waals surface area contributed by atoms with Gasteiger partial charge in [-0.15, -0.1) is 0 Å². The number of aryl methyl sites for hydroxylation is 2. The molecule has 0 unspecified atom stereocenters. The highest BCUT2D eigenvalue weighted by Crippen LogP contribution is 2.46. The Labute approximate surface area is 303 Å². The first kappa shape index (κ1) is 37.4. The number of carbonyl (C=O) groups is 1. The Bertz CT molecular complexity index is 1720. The van der Waals surface area contributed by atoms with Crippen molar-refractivity contribution in [3.8, 4) is 11.1 Å². The fourth-order valence-electron chi connectivity index (χ4n) is 7.75. The van der Waals surface area contributed by atoms with Crippen LogP contribution in [-0.2, 0) is 45.1 Å². The van der Waals surface area contributed by atoms with Crippen LogP contribution >= 0.6 is 0 Å². The van der Waals surface area contributed by atoms with Gasteiger partial charge in [-0.3, -0.25) is 9.88 Å². The summed E-state index contributed by atoms with van der Waals surface area (Å²) in [6.07, 6.45) is 3.44. The molecule has 0 saturated carbocycles. The molecule has 276 valence electrons. The Balaban J connectivity index is 1.45. The van der Waals surface area contributed by atoms with Gasteiger partial charge in [0.05, 0.1) is 29.7 Å². The number of halogens is 1. The standard InChI is InChI=1S/C42H56FN3O5/c1-27-22-33(43)11-10-31(27)24-45-17-12-29-23-30(8-9-32(29)25-45)37-35(26-50-34-13-20-49-21-14-34)44-28(2)36(39(40(47)48)51-41(3,4)5)38(37)46-18-15-42(6,7)16-19-46/h8-11,22-23,34,39H,12-21,24-26H2,1-7H3,(H,47,48)/t39-/m0/s1. The normalized spacial score (nSPS) is 19.2. The van der Waals surface area contributed by atoms with E-state index in [0.717, 1.165) is 98.5 Å². The SMILES string of the molecule is Cc1cc(F)ccc1CN1CCc2cc(-c3c(COC4CCOCC4)nc(C)c([C@H](OC(C)(C)C)C(=O)O)c3N3CCC(C)(C)CC3)ccc2C1. The molecule has 3 aliphatic heterocycles. The number of aliphatic carboxylic acids is 1. The van der Waals surface area contributed by atoms with Crippen molar-refractivity contribution < 1.29 is 28.5 Å². The molecule has 0 aliphatic carbocycles. The summed E-state index contributed by atoms with van der Waals surface area (Å²) in [5, 5.41) is 10.7. The van der Waals surface area contributed by atoms with Crippen LogP contribution in [0, 0.1) is 25.1 Å². The van der Waals surface area contributed by atoms with Gasteiger partial charge in [0.15, 0.2) is 6.10 Å². The van der Waals surface area contributed by atoms with Crippen molar-refractivity contribution in [3.05, 3.63) is 81.4 Å². The number of aromatic nitrogens is 1.